The number of rotatable bonds is 2. The molecule has 118 valence electrons. The second-order valence-electron chi connectivity index (χ2n) is 6.37. The van der Waals surface area contributed by atoms with E-state index in [0.717, 1.165) is 25.1 Å². The highest BCUT2D eigenvalue weighted by Crippen LogP contribution is 2.42. The van der Waals surface area contributed by atoms with Crippen molar-refractivity contribution in [3.63, 3.8) is 0 Å². The summed E-state index contributed by atoms with van der Waals surface area (Å²) in [6.45, 7) is 3.06. The molecule has 0 aliphatic carbocycles. The summed E-state index contributed by atoms with van der Waals surface area (Å²) in [5.41, 5.74) is 3.31. The smallest absolute Gasteiger partial charge is 0.246 e. The molecule has 2 aliphatic heterocycles. The molecule has 0 radical (unpaired) electrons. The van der Waals surface area contributed by atoms with Gasteiger partial charge in [-0.05, 0) is 49.6 Å². The third-order valence-electron chi connectivity index (χ3n) is 4.82. The van der Waals surface area contributed by atoms with Gasteiger partial charge in [-0.15, -0.1) is 0 Å². The molecule has 2 aromatic rings. The predicted molar refractivity (Wildman–Crippen MR) is 92.6 cm³/mol. The molecule has 0 bridgehead atoms. The topological polar surface area (TPSA) is 23.6 Å². The summed E-state index contributed by atoms with van der Waals surface area (Å²) in [6, 6.07) is 16.0. The van der Waals surface area contributed by atoms with Crippen molar-refractivity contribution in [1.82, 2.24) is 4.90 Å². The van der Waals surface area contributed by atoms with E-state index < -0.39 is 0 Å². The van der Waals surface area contributed by atoms with E-state index >= 15 is 0 Å². The lowest BCUT2D eigenvalue weighted by Crippen LogP contribution is -2.32. The standard InChI is InChI=1S/C19H19ClN2O/c1-13-4-2-5-14(12-13)18-21-11-3-6-17(21)19(23)22(18)16-9-7-15(20)8-10-16/h2,4-5,7-10,12,17-18H,3,6,11H2,1H3/t17-,18+/m0/s1. The van der Waals surface area contributed by atoms with Gasteiger partial charge in [-0.1, -0.05) is 41.4 Å². The van der Waals surface area contributed by atoms with E-state index in [1.54, 1.807) is 0 Å². The molecule has 2 atom stereocenters. The van der Waals surface area contributed by atoms with Crippen LogP contribution in [-0.2, 0) is 4.79 Å². The summed E-state index contributed by atoms with van der Waals surface area (Å²) in [5.74, 6) is 0.205. The molecule has 4 heteroatoms. The molecular formula is C19H19ClN2O. The van der Waals surface area contributed by atoms with Crippen molar-refractivity contribution in [2.75, 3.05) is 11.4 Å². The minimum atomic E-state index is -0.0175. The largest absolute Gasteiger partial charge is 0.291 e. The molecule has 0 unspecified atom stereocenters. The SMILES string of the molecule is Cc1cccc([C@H]2N(c3ccc(Cl)cc3)C(=O)[C@@H]3CCCN32)c1. The minimum absolute atomic E-state index is 0.0104. The van der Waals surface area contributed by atoms with Crippen LogP contribution in [0.4, 0.5) is 5.69 Å². The van der Waals surface area contributed by atoms with Crippen molar-refractivity contribution >= 4 is 23.2 Å². The molecule has 3 nitrogen and oxygen atoms in total. The Labute approximate surface area is 141 Å². The Hall–Kier alpha value is -1.84. The first kappa shape index (κ1) is 14.7. The first-order valence-electron chi connectivity index (χ1n) is 8.06. The monoisotopic (exact) mass is 326 g/mol. The Bertz CT molecular complexity index is 743. The van der Waals surface area contributed by atoms with Crippen LogP contribution in [0.3, 0.4) is 0 Å². The van der Waals surface area contributed by atoms with E-state index in [2.05, 4.69) is 36.1 Å². The van der Waals surface area contributed by atoms with Gasteiger partial charge in [0.2, 0.25) is 5.91 Å². The third kappa shape index (κ3) is 2.44. The van der Waals surface area contributed by atoms with E-state index in [1.165, 1.54) is 11.1 Å². The Morgan fingerprint density at radius 2 is 1.91 bits per heavy atom. The molecule has 2 aliphatic rings. The Morgan fingerprint density at radius 3 is 2.65 bits per heavy atom. The van der Waals surface area contributed by atoms with Gasteiger partial charge >= 0.3 is 0 Å². The second kappa shape index (κ2) is 5.66. The van der Waals surface area contributed by atoms with Crippen LogP contribution in [0.1, 0.15) is 30.1 Å². The van der Waals surface area contributed by atoms with Crippen LogP contribution in [0.5, 0.6) is 0 Å². The molecule has 4 rings (SSSR count). The minimum Gasteiger partial charge on any atom is -0.291 e. The van der Waals surface area contributed by atoms with Gasteiger partial charge in [0, 0.05) is 17.3 Å². The molecular weight excluding hydrogens is 308 g/mol. The summed E-state index contributed by atoms with van der Waals surface area (Å²) in [7, 11) is 0. The fourth-order valence-corrected chi connectivity index (χ4v) is 3.94. The number of anilines is 1. The highest BCUT2D eigenvalue weighted by atomic mass is 35.5. The number of benzene rings is 2. The van der Waals surface area contributed by atoms with Gasteiger partial charge in [0.1, 0.15) is 6.17 Å². The van der Waals surface area contributed by atoms with Crippen LogP contribution in [0.15, 0.2) is 48.5 Å². The highest BCUT2D eigenvalue weighted by Gasteiger charge is 2.49. The quantitative estimate of drug-likeness (QED) is 0.827. The van der Waals surface area contributed by atoms with Crippen molar-refractivity contribution in [1.29, 1.82) is 0 Å². The number of hydrogen-bond donors (Lipinski definition) is 0. The van der Waals surface area contributed by atoms with Crippen LogP contribution in [-0.4, -0.2) is 23.4 Å². The Morgan fingerprint density at radius 1 is 1.13 bits per heavy atom. The predicted octanol–water partition coefficient (Wildman–Crippen LogP) is 4.16. The molecule has 0 spiro atoms. The maximum atomic E-state index is 13.0. The number of halogens is 1. The number of fused-ring (bicyclic) bond motifs is 1. The number of carbonyl (C=O) groups is 1. The fourth-order valence-electron chi connectivity index (χ4n) is 3.82. The third-order valence-corrected chi connectivity index (χ3v) is 5.07. The summed E-state index contributed by atoms with van der Waals surface area (Å²) in [6.07, 6.45) is 2.02. The zero-order valence-corrected chi connectivity index (χ0v) is 13.8. The zero-order chi connectivity index (χ0) is 16.0. The number of amides is 1. The van der Waals surface area contributed by atoms with Crippen LogP contribution >= 0.6 is 11.6 Å². The lowest BCUT2D eigenvalue weighted by molar-refractivity contribution is -0.119. The molecule has 0 saturated carbocycles. The first-order valence-corrected chi connectivity index (χ1v) is 8.44. The van der Waals surface area contributed by atoms with E-state index in [9.17, 15) is 4.79 Å². The van der Waals surface area contributed by atoms with Crippen molar-refractivity contribution in [3.05, 3.63) is 64.7 Å². The maximum absolute atomic E-state index is 13.0. The van der Waals surface area contributed by atoms with E-state index in [0.29, 0.717) is 5.02 Å². The molecule has 2 saturated heterocycles. The van der Waals surface area contributed by atoms with Gasteiger partial charge in [0.25, 0.3) is 0 Å². The fraction of sp³-hybridized carbons (Fsp3) is 0.316. The normalized spacial score (nSPS) is 24.3. The van der Waals surface area contributed by atoms with E-state index in [4.69, 9.17) is 11.6 Å². The van der Waals surface area contributed by atoms with Crippen molar-refractivity contribution < 1.29 is 4.79 Å². The average Bonchev–Trinajstić information content (AvgIpc) is 3.11. The van der Waals surface area contributed by atoms with Crippen molar-refractivity contribution in [2.45, 2.75) is 32.0 Å². The summed E-state index contributed by atoms with van der Waals surface area (Å²) < 4.78 is 0. The van der Waals surface area contributed by atoms with Gasteiger partial charge in [-0.25, -0.2) is 0 Å². The molecule has 2 aromatic carbocycles. The lowest BCUT2D eigenvalue weighted by atomic mass is 10.1. The summed E-state index contributed by atoms with van der Waals surface area (Å²) in [4.78, 5) is 17.3. The zero-order valence-electron chi connectivity index (χ0n) is 13.1. The van der Waals surface area contributed by atoms with E-state index in [1.807, 2.05) is 29.2 Å². The summed E-state index contributed by atoms with van der Waals surface area (Å²) >= 11 is 6.01. The van der Waals surface area contributed by atoms with Gasteiger partial charge in [-0.2, -0.15) is 0 Å². The molecule has 0 aromatic heterocycles. The first-order chi connectivity index (χ1) is 11.1. The lowest BCUT2D eigenvalue weighted by Gasteiger charge is -2.30. The number of hydrogen-bond acceptors (Lipinski definition) is 2. The highest BCUT2D eigenvalue weighted by molar-refractivity contribution is 6.30. The van der Waals surface area contributed by atoms with E-state index in [-0.39, 0.29) is 18.1 Å². The Kier molecular flexibility index (Phi) is 3.63. The molecule has 23 heavy (non-hydrogen) atoms. The maximum Gasteiger partial charge on any atom is 0.246 e. The molecule has 2 heterocycles. The van der Waals surface area contributed by atoms with Crippen LogP contribution in [0, 0.1) is 6.92 Å². The number of nitrogens with zero attached hydrogens (tertiary/aromatic N) is 2. The van der Waals surface area contributed by atoms with Crippen molar-refractivity contribution in [3.8, 4) is 0 Å². The number of aryl methyl sites for hydroxylation is 1. The van der Waals surface area contributed by atoms with Crippen LogP contribution in [0.25, 0.3) is 0 Å². The second-order valence-corrected chi connectivity index (χ2v) is 6.80. The van der Waals surface area contributed by atoms with Gasteiger partial charge in [0.15, 0.2) is 0 Å². The molecule has 2 fully saturated rings. The van der Waals surface area contributed by atoms with Crippen molar-refractivity contribution in [2.24, 2.45) is 0 Å². The summed E-state index contributed by atoms with van der Waals surface area (Å²) in [5, 5.41) is 0.688. The molecule has 0 N–H and O–H groups in total. The average molecular weight is 327 g/mol. The van der Waals surface area contributed by atoms with Gasteiger partial charge in [-0.3, -0.25) is 14.6 Å². The Balaban J connectivity index is 1.81. The molecule has 1 amide bonds. The van der Waals surface area contributed by atoms with Gasteiger partial charge < -0.3 is 0 Å². The van der Waals surface area contributed by atoms with Crippen LogP contribution < -0.4 is 4.90 Å². The number of carbonyl (C=O) groups excluding carboxylic acids is 1. The van der Waals surface area contributed by atoms with Gasteiger partial charge in [0.05, 0.1) is 6.04 Å². The van der Waals surface area contributed by atoms with Crippen LogP contribution in [0.2, 0.25) is 5.02 Å².